The zero-order valence-electron chi connectivity index (χ0n) is 14.7. The molecule has 0 saturated carbocycles. The number of rotatable bonds is 6. The number of hydrogen-bond acceptors (Lipinski definition) is 3. The highest BCUT2D eigenvalue weighted by Gasteiger charge is 2.39. The van der Waals surface area contributed by atoms with Gasteiger partial charge in [0.1, 0.15) is 11.2 Å². The van der Waals surface area contributed by atoms with Gasteiger partial charge in [-0.05, 0) is 24.1 Å². The van der Waals surface area contributed by atoms with Crippen LogP contribution < -0.4 is 0 Å². The molecule has 0 bridgehead atoms. The molecule has 2 rings (SSSR count). The largest absolute Gasteiger partial charge is 0.344 e. The van der Waals surface area contributed by atoms with E-state index >= 15 is 0 Å². The highest BCUT2D eigenvalue weighted by atomic mass is 32.2. The standard InChI is InChI=1S/C18H25FN2O2S/c1-5-15-17(23)21(11-10-20(4)16(22)12(2)3)18(24-15)13-6-8-14(19)9-7-13/h6-9,12,15,18H,5,10-11H2,1-4H3/t15-,18-/m1/s1. The molecule has 132 valence electrons. The maximum absolute atomic E-state index is 13.2. The molecule has 1 aliphatic heterocycles. The Labute approximate surface area is 147 Å². The highest BCUT2D eigenvalue weighted by Crippen LogP contribution is 2.43. The van der Waals surface area contributed by atoms with E-state index in [1.54, 1.807) is 35.8 Å². The second kappa shape index (κ2) is 8.01. The van der Waals surface area contributed by atoms with E-state index in [1.807, 2.05) is 25.7 Å². The molecule has 24 heavy (non-hydrogen) atoms. The topological polar surface area (TPSA) is 40.6 Å². The van der Waals surface area contributed by atoms with Gasteiger partial charge in [0.25, 0.3) is 0 Å². The number of likely N-dealkylation sites (N-methyl/N-ethyl adjacent to an activating group) is 1. The maximum Gasteiger partial charge on any atom is 0.237 e. The average Bonchev–Trinajstić information content (AvgIpc) is 2.88. The molecule has 2 amide bonds. The van der Waals surface area contributed by atoms with E-state index in [-0.39, 0.29) is 34.2 Å². The fraction of sp³-hybridized carbons (Fsp3) is 0.556. The van der Waals surface area contributed by atoms with Crippen molar-refractivity contribution in [2.75, 3.05) is 20.1 Å². The molecule has 2 atom stereocenters. The third-order valence-corrected chi connectivity index (χ3v) is 5.86. The molecule has 1 aromatic carbocycles. The van der Waals surface area contributed by atoms with Crippen LogP contribution in [0.5, 0.6) is 0 Å². The zero-order valence-corrected chi connectivity index (χ0v) is 15.5. The SMILES string of the molecule is CC[C@H]1S[C@H](c2ccc(F)cc2)N(CCN(C)C(=O)C(C)C)C1=O. The van der Waals surface area contributed by atoms with Gasteiger partial charge in [0.15, 0.2) is 0 Å². The van der Waals surface area contributed by atoms with Crippen LogP contribution in [0.25, 0.3) is 0 Å². The minimum atomic E-state index is -0.283. The van der Waals surface area contributed by atoms with Crippen molar-refractivity contribution in [3.8, 4) is 0 Å². The lowest BCUT2D eigenvalue weighted by molar-refractivity contribution is -0.135. The Morgan fingerprint density at radius 3 is 2.50 bits per heavy atom. The Hall–Kier alpha value is -1.56. The van der Waals surface area contributed by atoms with Gasteiger partial charge in [-0.2, -0.15) is 0 Å². The molecular formula is C18H25FN2O2S. The molecule has 0 spiro atoms. The Bertz CT molecular complexity index is 591. The van der Waals surface area contributed by atoms with Crippen molar-refractivity contribution in [3.63, 3.8) is 0 Å². The number of benzene rings is 1. The predicted molar refractivity (Wildman–Crippen MR) is 95.0 cm³/mol. The fourth-order valence-corrected chi connectivity index (χ4v) is 4.21. The van der Waals surface area contributed by atoms with Gasteiger partial charge < -0.3 is 9.80 Å². The number of carbonyl (C=O) groups is 2. The first-order valence-corrected chi connectivity index (χ1v) is 9.25. The van der Waals surface area contributed by atoms with Crippen molar-refractivity contribution in [1.82, 2.24) is 9.80 Å². The molecular weight excluding hydrogens is 327 g/mol. The number of hydrogen-bond donors (Lipinski definition) is 0. The van der Waals surface area contributed by atoms with Crippen LogP contribution in [0.1, 0.15) is 38.1 Å². The van der Waals surface area contributed by atoms with Gasteiger partial charge in [0.05, 0.1) is 5.25 Å². The van der Waals surface area contributed by atoms with E-state index in [2.05, 4.69) is 0 Å². The lowest BCUT2D eigenvalue weighted by Gasteiger charge is -2.27. The first-order valence-electron chi connectivity index (χ1n) is 8.31. The van der Waals surface area contributed by atoms with Gasteiger partial charge in [0.2, 0.25) is 11.8 Å². The molecule has 0 radical (unpaired) electrons. The average molecular weight is 352 g/mol. The van der Waals surface area contributed by atoms with Crippen LogP contribution in [-0.2, 0) is 9.59 Å². The third-order valence-electron chi connectivity index (χ3n) is 4.21. The summed E-state index contributed by atoms with van der Waals surface area (Å²) in [5, 5.41) is -0.197. The van der Waals surface area contributed by atoms with Crippen LogP contribution in [0.15, 0.2) is 24.3 Å². The summed E-state index contributed by atoms with van der Waals surface area (Å²) in [6.45, 7) is 6.71. The molecule has 1 aliphatic rings. The maximum atomic E-state index is 13.2. The summed E-state index contributed by atoms with van der Waals surface area (Å²) in [6, 6.07) is 6.31. The lowest BCUT2D eigenvalue weighted by Crippen LogP contribution is -2.40. The Morgan fingerprint density at radius 2 is 1.96 bits per heavy atom. The van der Waals surface area contributed by atoms with Gasteiger partial charge in [-0.3, -0.25) is 9.59 Å². The van der Waals surface area contributed by atoms with Crippen molar-refractivity contribution in [1.29, 1.82) is 0 Å². The Morgan fingerprint density at radius 1 is 1.33 bits per heavy atom. The summed E-state index contributed by atoms with van der Waals surface area (Å²) < 4.78 is 13.2. The molecule has 0 aliphatic carbocycles. The van der Waals surface area contributed by atoms with Gasteiger partial charge in [-0.15, -0.1) is 11.8 Å². The minimum absolute atomic E-state index is 0.0602. The van der Waals surface area contributed by atoms with E-state index in [0.717, 1.165) is 12.0 Å². The number of carbonyl (C=O) groups excluding carboxylic acids is 2. The van der Waals surface area contributed by atoms with Crippen LogP contribution >= 0.6 is 11.8 Å². The first kappa shape index (κ1) is 18.8. The van der Waals surface area contributed by atoms with E-state index in [9.17, 15) is 14.0 Å². The summed E-state index contributed by atoms with van der Waals surface area (Å²) in [5.41, 5.74) is 0.920. The fourth-order valence-electron chi connectivity index (χ4n) is 2.78. The molecule has 1 aromatic rings. The van der Waals surface area contributed by atoms with Gasteiger partial charge in [-0.1, -0.05) is 32.9 Å². The van der Waals surface area contributed by atoms with Crippen LogP contribution in [0.3, 0.4) is 0 Å². The number of nitrogens with zero attached hydrogens (tertiary/aromatic N) is 2. The quantitative estimate of drug-likeness (QED) is 0.789. The molecule has 6 heteroatoms. The number of amides is 2. The van der Waals surface area contributed by atoms with Crippen molar-refractivity contribution in [2.45, 2.75) is 37.8 Å². The van der Waals surface area contributed by atoms with Gasteiger partial charge >= 0.3 is 0 Å². The summed E-state index contributed by atoms with van der Waals surface area (Å²) in [7, 11) is 1.76. The molecule has 1 saturated heterocycles. The predicted octanol–water partition coefficient (Wildman–Crippen LogP) is 3.29. The summed E-state index contributed by atoms with van der Waals surface area (Å²) in [4.78, 5) is 28.1. The Kier molecular flexibility index (Phi) is 6.27. The Balaban J connectivity index is 2.12. The van der Waals surface area contributed by atoms with E-state index in [1.165, 1.54) is 12.1 Å². The molecule has 1 heterocycles. The summed E-state index contributed by atoms with van der Waals surface area (Å²) in [5.74, 6) is -0.175. The van der Waals surface area contributed by atoms with Crippen LogP contribution in [-0.4, -0.2) is 47.0 Å². The molecule has 4 nitrogen and oxygen atoms in total. The van der Waals surface area contributed by atoms with Crippen LogP contribution in [0, 0.1) is 11.7 Å². The van der Waals surface area contributed by atoms with Gasteiger partial charge in [0, 0.05) is 26.1 Å². The van der Waals surface area contributed by atoms with E-state index in [4.69, 9.17) is 0 Å². The zero-order chi connectivity index (χ0) is 17.9. The van der Waals surface area contributed by atoms with Crippen molar-refractivity contribution in [2.24, 2.45) is 5.92 Å². The van der Waals surface area contributed by atoms with Crippen molar-refractivity contribution >= 4 is 23.6 Å². The van der Waals surface area contributed by atoms with Crippen molar-refractivity contribution in [3.05, 3.63) is 35.6 Å². The monoisotopic (exact) mass is 352 g/mol. The second-order valence-electron chi connectivity index (χ2n) is 6.38. The number of halogens is 1. The lowest BCUT2D eigenvalue weighted by atomic mass is 10.2. The summed E-state index contributed by atoms with van der Waals surface area (Å²) in [6.07, 6.45) is 0.762. The molecule has 0 aromatic heterocycles. The van der Waals surface area contributed by atoms with Crippen molar-refractivity contribution < 1.29 is 14.0 Å². The number of thioether (sulfide) groups is 1. The van der Waals surface area contributed by atoms with Crippen LogP contribution in [0.2, 0.25) is 0 Å². The smallest absolute Gasteiger partial charge is 0.237 e. The molecule has 0 unspecified atom stereocenters. The van der Waals surface area contributed by atoms with Gasteiger partial charge in [-0.25, -0.2) is 4.39 Å². The van der Waals surface area contributed by atoms with Crippen LogP contribution in [0.4, 0.5) is 4.39 Å². The highest BCUT2D eigenvalue weighted by molar-refractivity contribution is 8.01. The van der Waals surface area contributed by atoms with E-state index in [0.29, 0.717) is 13.1 Å². The first-order chi connectivity index (χ1) is 11.3. The van der Waals surface area contributed by atoms with E-state index < -0.39 is 0 Å². The molecule has 0 N–H and O–H groups in total. The third kappa shape index (κ3) is 4.09. The minimum Gasteiger partial charge on any atom is -0.344 e. The molecule has 1 fully saturated rings. The second-order valence-corrected chi connectivity index (χ2v) is 7.67. The summed E-state index contributed by atoms with van der Waals surface area (Å²) >= 11 is 1.60. The normalized spacial score (nSPS) is 20.8.